The lowest BCUT2D eigenvalue weighted by Gasteiger charge is -2.35. The molecule has 0 aromatic rings. The van der Waals surface area contributed by atoms with Gasteiger partial charge in [-0.25, -0.2) is 4.67 Å². The van der Waals surface area contributed by atoms with E-state index < -0.39 is 8.53 Å². The van der Waals surface area contributed by atoms with E-state index in [1.165, 1.54) is 12.8 Å². The second-order valence-electron chi connectivity index (χ2n) is 9.32. The predicted molar refractivity (Wildman–Crippen MR) is 143 cm³/mol. The molecule has 7 heteroatoms. The molecule has 0 aromatic heterocycles. The quantitative estimate of drug-likeness (QED) is 0.0839. The highest BCUT2D eigenvalue weighted by Gasteiger charge is 2.48. The van der Waals surface area contributed by atoms with Crippen molar-refractivity contribution in [2.75, 3.05) is 37.9 Å². The first-order valence-corrected chi connectivity index (χ1v) is 16.3. The molecule has 2 aliphatic rings. The average Bonchev–Trinajstić information content (AvgIpc) is 3.37. The van der Waals surface area contributed by atoms with E-state index in [0.717, 1.165) is 87.8 Å². The maximum atomic E-state index is 6.19. The molecule has 1 saturated carbocycles. The van der Waals surface area contributed by atoms with Gasteiger partial charge < -0.3 is 13.8 Å². The van der Waals surface area contributed by atoms with Crippen LogP contribution in [-0.4, -0.2) is 54.7 Å². The molecule has 2 aliphatic carbocycles. The van der Waals surface area contributed by atoms with Crippen LogP contribution in [0.1, 0.15) is 79.6 Å². The van der Waals surface area contributed by atoms with Gasteiger partial charge in [0.05, 0.1) is 13.2 Å². The van der Waals surface area contributed by atoms with Crippen molar-refractivity contribution in [1.29, 1.82) is 0 Å². The van der Waals surface area contributed by atoms with E-state index in [2.05, 4.69) is 51.1 Å². The van der Waals surface area contributed by atoms with Crippen LogP contribution < -0.4 is 0 Å². The minimum atomic E-state index is -0.958. The minimum Gasteiger partial charge on any atom is -0.381 e. The van der Waals surface area contributed by atoms with Crippen molar-refractivity contribution < 1.29 is 13.8 Å². The molecule has 186 valence electrons. The summed E-state index contributed by atoms with van der Waals surface area (Å²) in [7, 11) is 2.97. The number of hydrogen-bond donors (Lipinski definition) is 0. The molecule has 4 atom stereocenters. The molecular formula is C25H46NO3PS2. The summed E-state index contributed by atoms with van der Waals surface area (Å²) in [6.45, 7) is 14.5. The van der Waals surface area contributed by atoms with Crippen LogP contribution in [0.4, 0.5) is 0 Å². The molecule has 0 amide bonds. The van der Waals surface area contributed by atoms with E-state index in [1.54, 1.807) is 0 Å². The van der Waals surface area contributed by atoms with E-state index in [9.17, 15) is 0 Å². The molecular weight excluding hydrogens is 457 g/mol. The minimum absolute atomic E-state index is 0.428. The van der Waals surface area contributed by atoms with Crippen LogP contribution in [0.25, 0.3) is 0 Å². The van der Waals surface area contributed by atoms with Crippen molar-refractivity contribution in [3.8, 4) is 11.8 Å². The van der Waals surface area contributed by atoms with Crippen molar-refractivity contribution in [3.63, 3.8) is 0 Å². The van der Waals surface area contributed by atoms with Gasteiger partial charge in [0.25, 0.3) is 8.53 Å². The molecule has 0 aromatic carbocycles. The van der Waals surface area contributed by atoms with Crippen LogP contribution in [0, 0.1) is 29.6 Å². The average molecular weight is 504 g/mol. The molecule has 32 heavy (non-hydrogen) atoms. The number of ether oxygens (including phenoxy) is 1. The topological polar surface area (TPSA) is 30.9 Å². The largest absolute Gasteiger partial charge is 0.381 e. The fourth-order valence-corrected chi connectivity index (χ4v) is 8.25. The van der Waals surface area contributed by atoms with Gasteiger partial charge in [-0.1, -0.05) is 28.5 Å². The van der Waals surface area contributed by atoms with Crippen molar-refractivity contribution in [2.24, 2.45) is 17.8 Å². The fraction of sp³-hybridized carbons (Fsp3) is 0.920. The maximum absolute atomic E-state index is 6.19. The normalized spacial score (nSPS) is 23.6. The summed E-state index contributed by atoms with van der Waals surface area (Å²) in [5, 5.41) is 0. The summed E-state index contributed by atoms with van der Waals surface area (Å²) in [5.41, 5.74) is 0. The fourth-order valence-electron chi connectivity index (χ4n) is 4.41. The first-order valence-electron chi connectivity index (χ1n) is 12.7. The van der Waals surface area contributed by atoms with Crippen LogP contribution in [0.3, 0.4) is 0 Å². The molecule has 1 unspecified atom stereocenters. The lowest BCUT2D eigenvalue weighted by molar-refractivity contribution is 0.119. The Morgan fingerprint density at radius 1 is 0.875 bits per heavy atom. The number of hydrogen-bond acceptors (Lipinski definition) is 6. The Balaban J connectivity index is 1.44. The molecule has 0 N–H and O–H groups in total. The molecule has 1 fully saturated rings. The van der Waals surface area contributed by atoms with Gasteiger partial charge in [-0.2, -0.15) is 0 Å². The highest BCUT2D eigenvalue weighted by molar-refractivity contribution is 8.76. The molecule has 4 nitrogen and oxygen atoms in total. The monoisotopic (exact) mass is 503 g/mol. The molecule has 2 rings (SSSR count). The third kappa shape index (κ3) is 10.9. The van der Waals surface area contributed by atoms with Crippen molar-refractivity contribution >= 4 is 30.1 Å². The zero-order chi connectivity index (χ0) is 23.2. The maximum Gasteiger partial charge on any atom is 0.259 e. The van der Waals surface area contributed by atoms with Crippen molar-refractivity contribution in [1.82, 2.24) is 4.67 Å². The molecule has 0 aliphatic heterocycles. The van der Waals surface area contributed by atoms with Gasteiger partial charge in [0.15, 0.2) is 0 Å². The second-order valence-corrected chi connectivity index (χ2v) is 13.5. The Bertz CT molecular complexity index is 529. The van der Waals surface area contributed by atoms with Crippen molar-refractivity contribution in [2.45, 2.75) is 91.6 Å². The third-order valence-corrected chi connectivity index (χ3v) is 10.7. The standard InChI is InChI=1S/C25H46NO3PS2/c1-6-15-28-30(26(21(2)3)22(4)5)29-17-12-19-32-31-18-11-16-27-20-25-23-13-9-7-8-10-14-24(23)25/h21-25H,6,9-20H2,1-5H3/t23-,24+,25-,30?. The Morgan fingerprint density at radius 3 is 2.00 bits per heavy atom. The molecule has 0 saturated heterocycles. The predicted octanol–water partition coefficient (Wildman–Crippen LogP) is 7.39. The van der Waals surface area contributed by atoms with E-state index >= 15 is 0 Å². The summed E-state index contributed by atoms with van der Waals surface area (Å²) in [4.78, 5) is 0. The Morgan fingerprint density at radius 2 is 1.44 bits per heavy atom. The highest BCUT2D eigenvalue weighted by atomic mass is 33.1. The van der Waals surface area contributed by atoms with Crippen LogP contribution in [-0.2, 0) is 13.8 Å². The Kier molecular flexibility index (Phi) is 15.3. The van der Waals surface area contributed by atoms with Crippen LogP contribution in [0.15, 0.2) is 0 Å². The number of nitrogens with zero attached hydrogens (tertiary/aromatic N) is 1. The third-order valence-electron chi connectivity index (χ3n) is 5.98. The summed E-state index contributed by atoms with van der Waals surface area (Å²) in [6, 6.07) is 0.856. The summed E-state index contributed by atoms with van der Waals surface area (Å²) < 4.78 is 20.6. The summed E-state index contributed by atoms with van der Waals surface area (Å²) in [5.74, 6) is 11.5. The van der Waals surface area contributed by atoms with Gasteiger partial charge in [-0.3, -0.25) is 0 Å². The van der Waals surface area contributed by atoms with Gasteiger partial charge in [0.2, 0.25) is 0 Å². The SMILES string of the molecule is CCCOP(OCCCSSCCCOC[C@@H]1[C@@H]2CCC#CCC[C@@H]21)N(C(C)C)C(C)C. The zero-order valence-corrected chi connectivity index (χ0v) is 23.5. The Labute approximate surface area is 207 Å². The Hall–Kier alpha value is 0.530. The van der Waals surface area contributed by atoms with Gasteiger partial charge in [0.1, 0.15) is 0 Å². The molecule has 0 spiro atoms. The number of rotatable bonds is 18. The van der Waals surface area contributed by atoms with Gasteiger partial charge >= 0.3 is 0 Å². The van der Waals surface area contributed by atoms with Gasteiger partial charge in [0, 0.05) is 49.6 Å². The smallest absolute Gasteiger partial charge is 0.259 e. The van der Waals surface area contributed by atoms with E-state index in [-0.39, 0.29) is 0 Å². The second kappa shape index (κ2) is 17.0. The molecule has 0 radical (unpaired) electrons. The van der Waals surface area contributed by atoms with Crippen molar-refractivity contribution in [3.05, 3.63) is 0 Å². The lowest BCUT2D eigenvalue weighted by atomic mass is 10.1. The van der Waals surface area contributed by atoms with Gasteiger partial charge in [-0.15, -0.1) is 11.8 Å². The molecule has 0 heterocycles. The van der Waals surface area contributed by atoms with Crippen LogP contribution in [0.5, 0.6) is 0 Å². The lowest BCUT2D eigenvalue weighted by Crippen LogP contribution is -2.33. The van der Waals surface area contributed by atoms with Crippen LogP contribution in [0.2, 0.25) is 0 Å². The van der Waals surface area contributed by atoms with E-state index in [0.29, 0.717) is 12.1 Å². The molecule has 0 bridgehead atoms. The summed E-state index contributed by atoms with van der Waals surface area (Å²) >= 11 is 0. The zero-order valence-electron chi connectivity index (χ0n) is 21.0. The van der Waals surface area contributed by atoms with E-state index in [4.69, 9.17) is 13.8 Å². The summed E-state index contributed by atoms with van der Waals surface area (Å²) in [6.07, 6.45) is 8.02. The van der Waals surface area contributed by atoms with Gasteiger partial charge in [-0.05, 0) is 77.6 Å². The first-order chi connectivity index (χ1) is 15.6. The van der Waals surface area contributed by atoms with Crippen LogP contribution >= 0.6 is 30.1 Å². The van der Waals surface area contributed by atoms with E-state index in [1.807, 2.05) is 21.6 Å². The number of fused-ring (bicyclic) bond motifs is 1. The highest BCUT2D eigenvalue weighted by Crippen LogP contribution is 2.52. The first kappa shape index (κ1) is 28.8.